The van der Waals surface area contributed by atoms with E-state index in [1.807, 2.05) is 32.0 Å². The molecule has 0 aromatic heterocycles. The van der Waals surface area contributed by atoms with E-state index in [1.54, 1.807) is 55.5 Å². The van der Waals surface area contributed by atoms with E-state index >= 15 is 0 Å². The Hall–Kier alpha value is -4.35. The molecule has 7 nitrogen and oxygen atoms in total. The van der Waals surface area contributed by atoms with Gasteiger partial charge in [-0.05, 0) is 73.9 Å². The Morgan fingerprint density at radius 1 is 0.875 bits per heavy atom. The maximum Gasteiger partial charge on any atom is 0.416 e. The number of hydrogen-bond acceptors (Lipinski definition) is 4. The number of amides is 2. The third-order valence-corrected chi connectivity index (χ3v) is 9.89. The Morgan fingerprint density at radius 3 is 2.15 bits per heavy atom. The molecule has 0 aliphatic heterocycles. The van der Waals surface area contributed by atoms with Crippen molar-refractivity contribution in [3.05, 3.63) is 130 Å². The number of alkyl halides is 3. The number of benzene rings is 4. The summed E-state index contributed by atoms with van der Waals surface area (Å²) in [5, 5.41) is 3.32. The van der Waals surface area contributed by atoms with Crippen molar-refractivity contribution in [1.29, 1.82) is 0 Å². The second kappa shape index (κ2) is 15.7. The van der Waals surface area contributed by atoms with Crippen LogP contribution in [0.25, 0.3) is 0 Å². The molecule has 0 saturated carbocycles. The fourth-order valence-corrected chi connectivity index (χ4v) is 6.65. The number of carbonyl (C=O) groups excluding carboxylic acids is 2. The molecule has 1 N–H and O–H groups in total. The largest absolute Gasteiger partial charge is 0.416 e. The zero-order chi connectivity index (χ0) is 35.1. The highest BCUT2D eigenvalue weighted by atomic mass is 35.5. The average molecular weight is 700 g/mol. The fraction of sp³-hybridized carbons (Fsp3) is 0.278. The summed E-state index contributed by atoms with van der Waals surface area (Å²) in [7, 11) is -4.57. The Balaban J connectivity index is 1.85. The molecule has 2 amide bonds. The third kappa shape index (κ3) is 9.38. The van der Waals surface area contributed by atoms with E-state index in [0.29, 0.717) is 27.4 Å². The smallest absolute Gasteiger partial charge is 0.352 e. The van der Waals surface area contributed by atoms with Crippen molar-refractivity contribution in [3.8, 4) is 0 Å². The molecular formula is C36H37ClF3N3O4S. The maximum absolute atomic E-state index is 14.5. The highest BCUT2D eigenvalue weighted by Gasteiger charge is 2.36. The van der Waals surface area contributed by atoms with Crippen LogP contribution in [0.1, 0.15) is 42.5 Å². The third-order valence-electron chi connectivity index (χ3n) is 7.86. The molecule has 4 rings (SSSR count). The highest BCUT2D eigenvalue weighted by Crippen LogP contribution is 2.33. The monoisotopic (exact) mass is 699 g/mol. The van der Waals surface area contributed by atoms with Crippen molar-refractivity contribution in [2.75, 3.05) is 10.8 Å². The van der Waals surface area contributed by atoms with Gasteiger partial charge in [0.15, 0.2) is 0 Å². The zero-order valence-corrected chi connectivity index (χ0v) is 28.3. The molecule has 254 valence electrons. The van der Waals surface area contributed by atoms with Crippen molar-refractivity contribution in [1.82, 2.24) is 10.2 Å². The van der Waals surface area contributed by atoms with E-state index in [0.717, 1.165) is 23.3 Å². The average Bonchev–Trinajstić information content (AvgIpc) is 3.05. The van der Waals surface area contributed by atoms with E-state index in [2.05, 4.69) is 5.32 Å². The number of sulfonamides is 1. The standard InChI is InChI=1S/C36H37ClF3N3O4S/c1-4-26(3)41-35(45)33(21-27-10-6-5-7-11-27)42(23-28-12-8-14-30(37)20-28)34(44)24-43(31-15-9-13-29(22-31)36(38,39)40)48(46,47)32-18-16-25(2)17-19-32/h5-20,22,26,33H,4,21,23-24H2,1-3H3,(H,41,45)/t26-,33-/m1/s1. The topological polar surface area (TPSA) is 86.8 Å². The highest BCUT2D eigenvalue weighted by molar-refractivity contribution is 7.92. The molecule has 0 aliphatic rings. The van der Waals surface area contributed by atoms with E-state index in [1.165, 1.54) is 23.1 Å². The number of aryl methyl sites for hydroxylation is 1. The van der Waals surface area contributed by atoms with Gasteiger partial charge in [-0.15, -0.1) is 0 Å². The van der Waals surface area contributed by atoms with Crippen LogP contribution in [0, 0.1) is 6.92 Å². The van der Waals surface area contributed by atoms with Crippen LogP contribution in [-0.4, -0.2) is 43.8 Å². The maximum atomic E-state index is 14.5. The van der Waals surface area contributed by atoms with Crippen molar-refractivity contribution >= 4 is 39.1 Å². The minimum atomic E-state index is -4.77. The van der Waals surface area contributed by atoms with Gasteiger partial charge in [-0.25, -0.2) is 8.42 Å². The fourth-order valence-electron chi connectivity index (χ4n) is 5.03. The van der Waals surface area contributed by atoms with Crippen molar-refractivity contribution < 1.29 is 31.2 Å². The lowest BCUT2D eigenvalue weighted by atomic mass is 10.0. The van der Waals surface area contributed by atoms with E-state index in [9.17, 15) is 31.2 Å². The van der Waals surface area contributed by atoms with Gasteiger partial charge in [0.05, 0.1) is 16.1 Å². The van der Waals surface area contributed by atoms with Gasteiger partial charge in [-0.1, -0.05) is 84.8 Å². The molecule has 48 heavy (non-hydrogen) atoms. The summed E-state index contributed by atoms with van der Waals surface area (Å²) < 4.78 is 70.3. The number of nitrogens with zero attached hydrogens (tertiary/aromatic N) is 2. The second-order valence-electron chi connectivity index (χ2n) is 11.5. The lowest BCUT2D eigenvalue weighted by Gasteiger charge is -2.34. The van der Waals surface area contributed by atoms with Gasteiger partial charge in [0, 0.05) is 24.0 Å². The molecular weight excluding hydrogens is 663 g/mol. The quantitative estimate of drug-likeness (QED) is 0.157. The molecule has 2 atom stereocenters. The molecule has 0 radical (unpaired) electrons. The molecule has 12 heteroatoms. The molecule has 0 spiro atoms. The first-order valence-electron chi connectivity index (χ1n) is 15.3. The first kappa shape index (κ1) is 36.5. The number of halogens is 4. The van der Waals surface area contributed by atoms with Gasteiger partial charge in [-0.2, -0.15) is 13.2 Å². The summed E-state index contributed by atoms with van der Waals surface area (Å²) in [6.45, 7) is 4.46. The number of nitrogens with one attached hydrogen (secondary N) is 1. The van der Waals surface area contributed by atoms with Gasteiger partial charge in [0.25, 0.3) is 10.0 Å². The van der Waals surface area contributed by atoms with Gasteiger partial charge < -0.3 is 10.2 Å². The molecule has 0 heterocycles. The van der Waals surface area contributed by atoms with Crippen LogP contribution in [0.15, 0.2) is 108 Å². The molecule has 4 aromatic rings. The van der Waals surface area contributed by atoms with E-state index < -0.39 is 46.2 Å². The summed E-state index contributed by atoms with van der Waals surface area (Å²) in [6.07, 6.45) is -4.07. The number of rotatable bonds is 13. The number of anilines is 1. The number of hydrogen-bond donors (Lipinski definition) is 1. The predicted octanol–water partition coefficient (Wildman–Crippen LogP) is 7.42. The van der Waals surface area contributed by atoms with Crippen LogP contribution >= 0.6 is 11.6 Å². The van der Waals surface area contributed by atoms with E-state index in [-0.39, 0.29) is 29.6 Å². The summed E-state index contributed by atoms with van der Waals surface area (Å²) in [6, 6.07) is 23.9. The molecule has 0 aliphatic carbocycles. The van der Waals surface area contributed by atoms with Crippen LogP contribution in [0.5, 0.6) is 0 Å². The van der Waals surface area contributed by atoms with Gasteiger partial charge in [0.2, 0.25) is 11.8 Å². The minimum absolute atomic E-state index is 0.0870. The summed E-state index contributed by atoms with van der Waals surface area (Å²) in [5.41, 5.74) is 0.636. The lowest BCUT2D eigenvalue weighted by molar-refractivity contribution is -0.140. The second-order valence-corrected chi connectivity index (χ2v) is 13.8. The SMILES string of the molecule is CC[C@@H](C)NC(=O)[C@@H](Cc1ccccc1)N(Cc1cccc(Cl)c1)C(=O)CN(c1cccc(C(F)(F)F)c1)S(=O)(=O)c1ccc(C)cc1. The summed E-state index contributed by atoms with van der Waals surface area (Å²) in [4.78, 5) is 29.5. The molecule has 0 saturated heterocycles. The predicted molar refractivity (Wildman–Crippen MR) is 181 cm³/mol. The Kier molecular flexibility index (Phi) is 11.9. The normalized spacial score (nSPS) is 13.0. The van der Waals surface area contributed by atoms with Crippen LogP contribution in [0.2, 0.25) is 5.02 Å². The lowest BCUT2D eigenvalue weighted by Crippen LogP contribution is -2.54. The van der Waals surface area contributed by atoms with Gasteiger partial charge >= 0.3 is 6.18 Å². The Labute approximate surface area is 284 Å². The Bertz CT molecular complexity index is 1820. The van der Waals surface area contributed by atoms with Crippen LogP contribution in [0.3, 0.4) is 0 Å². The van der Waals surface area contributed by atoms with Crippen molar-refractivity contribution in [2.45, 2.75) is 63.3 Å². The summed E-state index contributed by atoms with van der Waals surface area (Å²) >= 11 is 6.26. The molecule has 0 bridgehead atoms. The van der Waals surface area contributed by atoms with Crippen LogP contribution in [-0.2, 0) is 38.8 Å². The summed E-state index contributed by atoms with van der Waals surface area (Å²) in [5.74, 6) is -1.26. The van der Waals surface area contributed by atoms with Crippen LogP contribution in [0.4, 0.5) is 18.9 Å². The zero-order valence-electron chi connectivity index (χ0n) is 26.7. The Morgan fingerprint density at radius 2 is 1.52 bits per heavy atom. The van der Waals surface area contributed by atoms with Gasteiger partial charge in [0.1, 0.15) is 12.6 Å². The van der Waals surface area contributed by atoms with Crippen LogP contribution < -0.4 is 9.62 Å². The molecule has 0 fully saturated rings. The van der Waals surface area contributed by atoms with E-state index in [4.69, 9.17) is 11.6 Å². The van der Waals surface area contributed by atoms with Gasteiger partial charge in [-0.3, -0.25) is 13.9 Å². The number of carbonyl (C=O) groups is 2. The molecule has 4 aromatic carbocycles. The van der Waals surface area contributed by atoms with Crippen molar-refractivity contribution in [2.24, 2.45) is 0 Å². The molecule has 0 unspecified atom stereocenters. The minimum Gasteiger partial charge on any atom is -0.352 e. The van der Waals surface area contributed by atoms with Crippen molar-refractivity contribution in [3.63, 3.8) is 0 Å². The first-order chi connectivity index (χ1) is 22.7. The first-order valence-corrected chi connectivity index (χ1v) is 17.2.